The van der Waals surface area contributed by atoms with Crippen LogP contribution in [0.1, 0.15) is 51.0 Å². The van der Waals surface area contributed by atoms with Crippen molar-refractivity contribution in [3.05, 3.63) is 18.7 Å². The van der Waals surface area contributed by atoms with Crippen LogP contribution in [0.2, 0.25) is 0 Å². The normalized spacial score (nSPS) is 34.2. The van der Waals surface area contributed by atoms with Crippen molar-refractivity contribution >= 4 is 0 Å². The summed E-state index contributed by atoms with van der Waals surface area (Å²) in [7, 11) is 0. The van der Waals surface area contributed by atoms with E-state index in [1.165, 1.54) is 6.42 Å². The maximum Gasteiger partial charge on any atom is 0.391 e. The zero-order chi connectivity index (χ0) is 14.9. The first-order chi connectivity index (χ1) is 10.0. The van der Waals surface area contributed by atoms with Gasteiger partial charge in [-0.05, 0) is 44.9 Å². The predicted molar refractivity (Wildman–Crippen MR) is 73.8 cm³/mol. The molecule has 1 N–H and O–H groups in total. The number of nitrogens with one attached hydrogen (secondary N) is 1. The van der Waals surface area contributed by atoms with E-state index in [2.05, 4.69) is 14.9 Å². The van der Waals surface area contributed by atoms with Crippen LogP contribution in [0.5, 0.6) is 0 Å². The number of hydrogen-bond donors (Lipinski definition) is 1. The average Bonchev–Trinajstić information content (AvgIpc) is 3.08. The summed E-state index contributed by atoms with van der Waals surface area (Å²) in [5, 5.41) is 3.61. The molecule has 0 aliphatic heterocycles. The number of nitrogens with zero attached hydrogens (tertiary/aromatic N) is 2. The Bertz CT molecular complexity index is 436. The summed E-state index contributed by atoms with van der Waals surface area (Å²) in [6, 6.07) is 0.997. The molecule has 0 saturated heterocycles. The average molecular weight is 301 g/mol. The molecule has 2 atom stereocenters. The maximum atomic E-state index is 12.7. The van der Waals surface area contributed by atoms with Gasteiger partial charge in [-0.2, -0.15) is 13.2 Å². The van der Waals surface area contributed by atoms with Gasteiger partial charge >= 0.3 is 6.18 Å². The van der Waals surface area contributed by atoms with Gasteiger partial charge in [-0.15, -0.1) is 0 Å². The molecule has 2 saturated carbocycles. The molecule has 0 aromatic carbocycles. The first kappa shape index (κ1) is 14.9. The number of aromatic nitrogens is 2. The summed E-state index contributed by atoms with van der Waals surface area (Å²) in [4.78, 5) is 4.10. The highest BCUT2D eigenvalue weighted by Gasteiger charge is 2.42. The van der Waals surface area contributed by atoms with Crippen LogP contribution in [-0.4, -0.2) is 27.8 Å². The zero-order valence-electron chi connectivity index (χ0n) is 12.0. The third kappa shape index (κ3) is 3.42. The summed E-state index contributed by atoms with van der Waals surface area (Å²) in [5.41, 5.74) is 0. The van der Waals surface area contributed by atoms with E-state index < -0.39 is 12.1 Å². The molecule has 0 amide bonds. The van der Waals surface area contributed by atoms with Gasteiger partial charge in [0, 0.05) is 30.5 Å². The summed E-state index contributed by atoms with van der Waals surface area (Å²) >= 11 is 0. The molecular weight excluding hydrogens is 279 g/mol. The molecule has 0 spiro atoms. The standard InChI is InChI=1S/C15H22F3N3/c16-15(17,18)11-4-6-12(7-5-11)20-13-2-1-3-14(13)21-9-8-19-10-21/h8-14,20H,1-7H2. The van der Waals surface area contributed by atoms with Crippen molar-refractivity contribution in [1.29, 1.82) is 0 Å². The quantitative estimate of drug-likeness (QED) is 0.923. The molecule has 21 heavy (non-hydrogen) atoms. The summed E-state index contributed by atoms with van der Waals surface area (Å²) in [6.07, 6.45) is 6.77. The van der Waals surface area contributed by atoms with Crippen LogP contribution in [0, 0.1) is 5.92 Å². The van der Waals surface area contributed by atoms with Gasteiger partial charge in [0.1, 0.15) is 0 Å². The first-order valence-electron chi connectivity index (χ1n) is 7.84. The fourth-order valence-corrected chi connectivity index (χ4v) is 3.85. The van der Waals surface area contributed by atoms with E-state index in [4.69, 9.17) is 0 Å². The van der Waals surface area contributed by atoms with E-state index in [0.29, 0.717) is 24.9 Å². The monoisotopic (exact) mass is 301 g/mol. The van der Waals surface area contributed by atoms with Gasteiger partial charge in [0.25, 0.3) is 0 Å². The fraction of sp³-hybridized carbons (Fsp3) is 0.800. The van der Waals surface area contributed by atoms with E-state index in [1.807, 2.05) is 12.5 Å². The lowest BCUT2D eigenvalue weighted by atomic mass is 9.85. The van der Waals surface area contributed by atoms with Crippen molar-refractivity contribution in [2.75, 3.05) is 0 Å². The molecule has 1 heterocycles. The maximum absolute atomic E-state index is 12.7. The SMILES string of the molecule is FC(F)(F)C1CCC(NC2CCCC2n2ccnc2)CC1. The Balaban J connectivity index is 1.53. The molecule has 2 unspecified atom stereocenters. The van der Waals surface area contributed by atoms with Gasteiger partial charge in [0.15, 0.2) is 0 Å². The van der Waals surface area contributed by atoms with Crippen LogP contribution in [-0.2, 0) is 0 Å². The molecule has 2 fully saturated rings. The van der Waals surface area contributed by atoms with Gasteiger partial charge < -0.3 is 9.88 Å². The van der Waals surface area contributed by atoms with Gasteiger partial charge in [-0.3, -0.25) is 0 Å². The first-order valence-corrected chi connectivity index (χ1v) is 7.84. The molecule has 3 rings (SSSR count). The minimum Gasteiger partial charge on any atom is -0.333 e. The lowest BCUT2D eigenvalue weighted by Gasteiger charge is -2.33. The van der Waals surface area contributed by atoms with Crippen molar-refractivity contribution < 1.29 is 13.2 Å². The Morgan fingerprint density at radius 3 is 2.43 bits per heavy atom. The minimum absolute atomic E-state index is 0.234. The summed E-state index contributed by atoms with van der Waals surface area (Å²) in [6.45, 7) is 0. The molecule has 6 heteroatoms. The molecule has 1 aromatic heterocycles. The largest absolute Gasteiger partial charge is 0.391 e. The van der Waals surface area contributed by atoms with Crippen LogP contribution >= 0.6 is 0 Å². The van der Waals surface area contributed by atoms with Crippen LogP contribution in [0.25, 0.3) is 0 Å². The second kappa shape index (κ2) is 5.99. The second-order valence-electron chi connectivity index (χ2n) is 6.37. The van der Waals surface area contributed by atoms with Crippen molar-refractivity contribution in [1.82, 2.24) is 14.9 Å². The van der Waals surface area contributed by atoms with Crippen LogP contribution in [0.3, 0.4) is 0 Å². The third-order valence-electron chi connectivity index (χ3n) is 5.03. The Morgan fingerprint density at radius 2 is 1.81 bits per heavy atom. The topological polar surface area (TPSA) is 29.9 Å². The van der Waals surface area contributed by atoms with E-state index >= 15 is 0 Å². The minimum atomic E-state index is -4.02. The highest BCUT2D eigenvalue weighted by atomic mass is 19.4. The molecule has 118 valence electrons. The van der Waals surface area contributed by atoms with E-state index in [0.717, 1.165) is 12.8 Å². The van der Waals surface area contributed by atoms with Crippen LogP contribution in [0.4, 0.5) is 13.2 Å². The van der Waals surface area contributed by atoms with Gasteiger partial charge in [-0.1, -0.05) is 0 Å². The second-order valence-corrected chi connectivity index (χ2v) is 6.37. The zero-order valence-corrected chi connectivity index (χ0v) is 12.0. The summed E-state index contributed by atoms with van der Waals surface area (Å²) in [5.74, 6) is -1.09. The molecule has 3 nitrogen and oxygen atoms in total. The van der Waals surface area contributed by atoms with E-state index in [9.17, 15) is 13.2 Å². The van der Waals surface area contributed by atoms with E-state index in [-0.39, 0.29) is 18.9 Å². The molecule has 2 aliphatic rings. The van der Waals surface area contributed by atoms with Gasteiger partial charge in [0.2, 0.25) is 0 Å². The number of alkyl halides is 3. The Kier molecular flexibility index (Phi) is 4.24. The number of hydrogen-bond acceptors (Lipinski definition) is 2. The lowest BCUT2D eigenvalue weighted by molar-refractivity contribution is -0.182. The predicted octanol–water partition coefficient (Wildman–Crippen LogP) is 3.69. The third-order valence-corrected chi connectivity index (χ3v) is 5.03. The van der Waals surface area contributed by atoms with Crippen molar-refractivity contribution in [2.24, 2.45) is 5.92 Å². The van der Waals surface area contributed by atoms with E-state index in [1.54, 1.807) is 6.20 Å². The van der Waals surface area contributed by atoms with Crippen LogP contribution < -0.4 is 5.32 Å². The van der Waals surface area contributed by atoms with Crippen molar-refractivity contribution in [3.63, 3.8) is 0 Å². The van der Waals surface area contributed by atoms with Gasteiger partial charge in [-0.25, -0.2) is 4.98 Å². The fourth-order valence-electron chi connectivity index (χ4n) is 3.85. The smallest absolute Gasteiger partial charge is 0.333 e. The molecular formula is C15H22F3N3. The molecule has 0 bridgehead atoms. The Morgan fingerprint density at radius 1 is 1.05 bits per heavy atom. The van der Waals surface area contributed by atoms with Crippen molar-refractivity contribution in [3.8, 4) is 0 Å². The highest BCUT2D eigenvalue weighted by Crippen LogP contribution is 2.38. The van der Waals surface area contributed by atoms with Crippen molar-refractivity contribution in [2.45, 2.75) is 69.2 Å². The van der Waals surface area contributed by atoms with Gasteiger partial charge in [0.05, 0.1) is 12.2 Å². The number of halogens is 3. The summed E-state index contributed by atoms with van der Waals surface area (Å²) < 4.78 is 40.2. The number of rotatable bonds is 3. The van der Waals surface area contributed by atoms with Crippen LogP contribution in [0.15, 0.2) is 18.7 Å². The molecule has 0 radical (unpaired) electrons. The molecule has 2 aliphatic carbocycles. The Labute approximate surface area is 122 Å². The lowest BCUT2D eigenvalue weighted by Crippen LogP contribution is -2.44. The molecule has 1 aromatic rings. The highest BCUT2D eigenvalue weighted by molar-refractivity contribution is 4.94. The Hall–Kier alpha value is -1.04. The number of imidazole rings is 1.